The van der Waals surface area contributed by atoms with Crippen molar-refractivity contribution in [3.63, 3.8) is 0 Å². The zero-order chi connectivity index (χ0) is 25.5. The molecular weight excluding hydrogens is 464 g/mol. The Kier molecular flexibility index (Phi) is 8.56. The van der Waals surface area contributed by atoms with Crippen LogP contribution in [-0.2, 0) is 6.54 Å². The fraction of sp³-hybridized carbons (Fsp3) is 0.552. The predicted molar refractivity (Wildman–Crippen MR) is 149 cm³/mol. The highest BCUT2D eigenvalue weighted by Gasteiger charge is 2.23. The standard InChI is InChI=1S/C29H40N6O2/c1-36-26-18-24-25(19-27(26)37-2)33-29(34-28(24)32-20-23-8-3-4-13-31-23)35-16-11-22(12-17-35)7-5-6-21-9-14-30-15-10-21/h3-4,8,13,18-19,21-22,30H,5-7,9-12,14-17,20H2,1-2H3,(H,32,33,34). The van der Waals surface area contributed by atoms with Crippen molar-refractivity contribution in [1.29, 1.82) is 0 Å². The molecule has 2 aromatic heterocycles. The molecule has 0 spiro atoms. The van der Waals surface area contributed by atoms with Gasteiger partial charge in [-0.15, -0.1) is 0 Å². The van der Waals surface area contributed by atoms with Crippen LogP contribution in [0.25, 0.3) is 10.9 Å². The average Bonchev–Trinajstić information content (AvgIpc) is 2.96. The van der Waals surface area contributed by atoms with Gasteiger partial charge in [0.2, 0.25) is 5.95 Å². The number of hydrogen-bond acceptors (Lipinski definition) is 8. The van der Waals surface area contributed by atoms with Gasteiger partial charge in [-0.1, -0.05) is 25.3 Å². The topological polar surface area (TPSA) is 84.4 Å². The molecule has 0 atom stereocenters. The highest BCUT2D eigenvalue weighted by atomic mass is 16.5. The number of nitrogens with zero attached hydrogens (tertiary/aromatic N) is 4. The third-order valence-electron chi connectivity index (χ3n) is 7.93. The third-order valence-corrected chi connectivity index (χ3v) is 7.93. The van der Waals surface area contributed by atoms with E-state index in [4.69, 9.17) is 19.4 Å². The van der Waals surface area contributed by atoms with Gasteiger partial charge in [-0.05, 0) is 68.8 Å². The maximum atomic E-state index is 5.56. The number of ether oxygens (including phenoxy) is 2. The molecule has 0 unspecified atom stereocenters. The Morgan fingerprint density at radius 2 is 1.68 bits per heavy atom. The van der Waals surface area contributed by atoms with Gasteiger partial charge in [-0.25, -0.2) is 4.98 Å². The van der Waals surface area contributed by atoms with E-state index in [1.165, 1.54) is 58.0 Å². The summed E-state index contributed by atoms with van der Waals surface area (Å²) in [5.41, 5.74) is 1.80. The lowest BCUT2D eigenvalue weighted by molar-refractivity contribution is 0.313. The minimum absolute atomic E-state index is 0.583. The minimum Gasteiger partial charge on any atom is -0.493 e. The van der Waals surface area contributed by atoms with Crippen LogP contribution in [0.5, 0.6) is 11.5 Å². The maximum absolute atomic E-state index is 5.56. The lowest BCUT2D eigenvalue weighted by atomic mass is 9.87. The van der Waals surface area contributed by atoms with Gasteiger partial charge in [0.1, 0.15) is 5.82 Å². The van der Waals surface area contributed by atoms with Crippen LogP contribution >= 0.6 is 0 Å². The Balaban J connectivity index is 1.28. The van der Waals surface area contributed by atoms with Gasteiger partial charge in [0, 0.05) is 30.7 Å². The molecule has 0 radical (unpaired) electrons. The van der Waals surface area contributed by atoms with Crippen LogP contribution in [0.15, 0.2) is 36.5 Å². The molecule has 4 heterocycles. The van der Waals surface area contributed by atoms with Crippen LogP contribution in [-0.4, -0.2) is 55.4 Å². The molecule has 2 aliphatic rings. The van der Waals surface area contributed by atoms with Crippen molar-refractivity contribution in [3.8, 4) is 11.5 Å². The van der Waals surface area contributed by atoms with Gasteiger partial charge in [0.15, 0.2) is 11.5 Å². The van der Waals surface area contributed by atoms with E-state index in [0.717, 1.165) is 53.3 Å². The molecule has 5 rings (SSSR count). The number of nitrogens with one attached hydrogen (secondary N) is 2. The normalized spacial score (nSPS) is 17.2. The number of fused-ring (bicyclic) bond motifs is 1. The first kappa shape index (κ1) is 25.5. The molecule has 8 nitrogen and oxygen atoms in total. The van der Waals surface area contributed by atoms with E-state index >= 15 is 0 Å². The predicted octanol–water partition coefficient (Wildman–Crippen LogP) is 5.04. The summed E-state index contributed by atoms with van der Waals surface area (Å²) in [6.07, 6.45) is 11.0. The fourth-order valence-corrected chi connectivity index (χ4v) is 5.68. The summed E-state index contributed by atoms with van der Waals surface area (Å²) in [6, 6.07) is 9.83. The summed E-state index contributed by atoms with van der Waals surface area (Å²) in [5, 5.41) is 7.89. The van der Waals surface area contributed by atoms with Crippen LogP contribution in [0.3, 0.4) is 0 Å². The second-order valence-electron chi connectivity index (χ2n) is 10.3. The van der Waals surface area contributed by atoms with E-state index in [2.05, 4.69) is 20.5 Å². The molecule has 0 saturated carbocycles. The molecule has 0 aliphatic carbocycles. The van der Waals surface area contributed by atoms with E-state index in [1.54, 1.807) is 14.2 Å². The molecule has 3 aromatic rings. The van der Waals surface area contributed by atoms with E-state index in [9.17, 15) is 0 Å². The average molecular weight is 505 g/mol. The summed E-state index contributed by atoms with van der Waals surface area (Å²) >= 11 is 0. The van der Waals surface area contributed by atoms with Gasteiger partial charge < -0.3 is 25.0 Å². The summed E-state index contributed by atoms with van der Waals surface area (Å²) in [5.74, 6) is 4.64. The number of methoxy groups -OCH3 is 2. The zero-order valence-electron chi connectivity index (χ0n) is 22.2. The number of piperidine rings is 2. The molecule has 1 aromatic carbocycles. The first-order valence-corrected chi connectivity index (χ1v) is 13.8. The molecule has 0 amide bonds. The van der Waals surface area contributed by atoms with Crippen molar-refractivity contribution < 1.29 is 9.47 Å². The molecule has 2 saturated heterocycles. The third kappa shape index (κ3) is 6.42. The SMILES string of the molecule is COc1cc2nc(N3CCC(CCCC4CCNCC4)CC3)nc(NCc3ccccn3)c2cc1OC. The van der Waals surface area contributed by atoms with Gasteiger partial charge >= 0.3 is 0 Å². The van der Waals surface area contributed by atoms with Gasteiger partial charge in [0.25, 0.3) is 0 Å². The Morgan fingerprint density at radius 3 is 2.38 bits per heavy atom. The second-order valence-corrected chi connectivity index (χ2v) is 10.3. The number of hydrogen-bond donors (Lipinski definition) is 2. The first-order valence-electron chi connectivity index (χ1n) is 13.8. The Bertz CT molecular complexity index is 1140. The molecule has 37 heavy (non-hydrogen) atoms. The fourth-order valence-electron chi connectivity index (χ4n) is 5.68. The lowest BCUT2D eigenvalue weighted by Gasteiger charge is -2.33. The van der Waals surface area contributed by atoms with Crippen LogP contribution < -0.4 is 25.0 Å². The molecule has 0 bridgehead atoms. The summed E-state index contributed by atoms with van der Waals surface area (Å²) in [7, 11) is 3.30. The molecule has 8 heteroatoms. The van der Waals surface area contributed by atoms with E-state index < -0.39 is 0 Å². The van der Waals surface area contributed by atoms with Gasteiger partial charge in [-0.3, -0.25) is 4.98 Å². The molecule has 2 fully saturated rings. The number of aromatic nitrogens is 3. The number of anilines is 2. The van der Waals surface area contributed by atoms with Crippen molar-refractivity contribution in [2.75, 3.05) is 50.6 Å². The van der Waals surface area contributed by atoms with Crippen molar-refractivity contribution in [2.45, 2.75) is 51.5 Å². The summed E-state index contributed by atoms with van der Waals surface area (Å²) < 4.78 is 11.1. The number of pyridine rings is 1. The molecular formula is C29H40N6O2. The van der Waals surface area contributed by atoms with Gasteiger partial charge in [-0.2, -0.15) is 4.98 Å². The molecule has 198 valence electrons. The van der Waals surface area contributed by atoms with Crippen molar-refractivity contribution in [1.82, 2.24) is 20.3 Å². The van der Waals surface area contributed by atoms with Crippen LogP contribution in [0.2, 0.25) is 0 Å². The largest absolute Gasteiger partial charge is 0.493 e. The maximum Gasteiger partial charge on any atom is 0.227 e. The number of benzene rings is 1. The Morgan fingerprint density at radius 1 is 0.946 bits per heavy atom. The highest BCUT2D eigenvalue weighted by Crippen LogP contribution is 2.36. The van der Waals surface area contributed by atoms with Crippen LogP contribution in [0, 0.1) is 11.8 Å². The van der Waals surface area contributed by atoms with Crippen molar-refractivity contribution in [2.24, 2.45) is 11.8 Å². The zero-order valence-corrected chi connectivity index (χ0v) is 22.2. The van der Waals surface area contributed by atoms with Crippen molar-refractivity contribution in [3.05, 3.63) is 42.2 Å². The lowest BCUT2D eigenvalue weighted by Crippen LogP contribution is -2.35. The smallest absolute Gasteiger partial charge is 0.227 e. The van der Waals surface area contributed by atoms with Crippen molar-refractivity contribution >= 4 is 22.7 Å². The quantitative estimate of drug-likeness (QED) is 0.397. The second kappa shape index (κ2) is 12.4. The van der Waals surface area contributed by atoms with E-state index in [1.807, 2.05) is 36.5 Å². The molecule has 2 N–H and O–H groups in total. The van der Waals surface area contributed by atoms with E-state index in [0.29, 0.717) is 18.0 Å². The Labute approximate surface area is 220 Å². The highest BCUT2D eigenvalue weighted by molar-refractivity contribution is 5.92. The first-order chi connectivity index (χ1) is 18.2. The van der Waals surface area contributed by atoms with Gasteiger partial charge in [0.05, 0.1) is 32.0 Å². The summed E-state index contributed by atoms with van der Waals surface area (Å²) in [4.78, 5) is 16.7. The minimum atomic E-state index is 0.583. The monoisotopic (exact) mass is 504 g/mol. The molecule has 2 aliphatic heterocycles. The Hall–Kier alpha value is -3.13. The summed E-state index contributed by atoms with van der Waals surface area (Å²) in [6.45, 7) is 4.98. The van der Waals surface area contributed by atoms with Crippen LogP contribution in [0.4, 0.5) is 11.8 Å². The number of rotatable bonds is 10. The van der Waals surface area contributed by atoms with Crippen LogP contribution in [0.1, 0.15) is 50.6 Å². The van der Waals surface area contributed by atoms with E-state index in [-0.39, 0.29) is 0 Å².